The van der Waals surface area contributed by atoms with Crippen LogP contribution in [0.1, 0.15) is 20.8 Å². The maximum Gasteiger partial charge on any atom is 0.345 e. The van der Waals surface area contributed by atoms with Crippen LogP contribution < -0.4 is 0 Å². The van der Waals surface area contributed by atoms with E-state index in [2.05, 4.69) is 9.47 Å². The molecule has 0 rings (SSSR count). The van der Waals surface area contributed by atoms with Gasteiger partial charge in [0.25, 0.3) is 0 Å². The molecule has 16 heavy (non-hydrogen) atoms. The van der Waals surface area contributed by atoms with Crippen LogP contribution >= 0.6 is 0 Å². The molecule has 0 amide bonds. The molecule has 0 fully saturated rings. The molecule has 0 saturated carbocycles. The van der Waals surface area contributed by atoms with Gasteiger partial charge in [0.15, 0.2) is 0 Å². The second-order valence-corrected chi connectivity index (χ2v) is 2.92. The summed E-state index contributed by atoms with van der Waals surface area (Å²) < 4.78 is 34.6. The fourth-order valence-electron chi connectivity index (χ4n) is 0.806. The van der Waals surface area contributed by atoms with E-state index >= 15 is 0 Å². The van der Waals surface area contributed by atoms with Crippen molar-refractivity contribution in [2.75, 3.05) is 13.2 Å². The zero-order chi connectivity index (χ0) is 12.8. The molecule has 0 unspecified atom stereocenters. The lowest BCUT2D eigenvalue weighted by atomic mass is 10.1. The Morgan fingerprint density at radius 2 is 1.81 bits per heavy atom. The molecule has 0 aliphatic rings. The molecule has 0 saturated heterocycles. The Kier molecular flexibility index (Phi) is 5.63. The van der Waals surface area contributed by atoms with Crippen molar-refractivity contribution in [3.63, 3.8) is 0 Å². The molecule has 0 N–H and O–H groups in total. The number of hydrogen-bond acceptors (Lipinski definition) is 4. The van der Waals surface area contributed by atoms with Gasteiger partial charge in [0.05, 0.1) is 13.2 Å². The summed E-state index contributed by atoms with van der Waals surface area (Å²) in [6.07, 6.45) is 0.706. The minimum Gasteiger partial charge on any atom is -0.500 e. The van der Waals surface area contributed by atoms with Crippen molar-refractivity contribution in [3.8, 4) is 0 Å². The number of carbonyl (C=O) groups is 2. The maximum atomic E-state index is 12.7. The SMILES string of the molecule is CCOC=C(C(=O)OCC)C(=O)C(C)(F)F. The minimum atomic E-state index is -3.63. The van der Waals surface area contributed by atoms with E-state index in [4.69, 9.17) is 0 Å². The molecule has 0 aliphatic heterocycles. The van der Waals surface area contributed by atoms with Gasteiger partial charge in [0, 0.05) is 6.92 Å². The first-order valence-electron chi connectivity index (χ1n) is 4.76. The van der Waals surface area contributed by atoms with Crippen molar-refractivity contribution in [2.24, 2.45) is 0 Å². The lowest BCUT2D eigenvalue weighted by molar-refractivity contribution is -0.145. The van der Waals surface area contributed by atoms with E-state index in [0.717, 1.165) is 0 Å². The van der Waals surface area contributed by atoms with Gasteiger partial charge in [-0.1, -0.05) is 0 Å². The van der Waals surface area contributed by atoms with Crippen molar-refractivity contribution >= 4 is 11.8 Å². The quantitative estimate of drug-likeness (QED) is 0.231. The lowest BCUT2D eigenvalue weighted by Crippen LogP contribution is -2.30. The normalized spacial score (nSPS) is 12.2. The molecule has 6 heteroatoms. The predicted octanol–water partition coefficient (Wildman–Crippen LogP) is 1.69. The third-order valence-corrected chi connectivity index (χ3v) is 1.51. The Labute approximate surface area is 92.2 Å². The number of esters is 1. The van der Waals surface area contributed by atoms with E-state index in [9.17, 15) is 18.4 Å². The van der Waals surface area contributed by atoms with Gasteiger partial charge in [-0.25, -0.2) is 4.79 Å². The predicted molar refractivity (Wildman–Crippen MR) is 52.0 cm³/mol. The molecule has 92 valence electrons. The maximum absolute atomic E-state index is 12.7. The first-order valence-corrected chi connectivity index (χ1v) is 4.76. The Morgan fingerprint density at radius 3 is 2.19 bits per heavy atom. The van der Waals surface area contributed by atoms with Gasteiger partial charge in [-0.05, 0) is 13.8 Å². The average molecular weight is 236 g/mol. The number of halogens is 2. The molecule has 0 heterocycles. The van der Waals surface area contributed by atoms with Crippen LogP contribution in [0, 0.1) is 0 Å². The molecule has 0 atom stereocenters. The van der Waals surface area contributed by atoms with Crippen molar-refractivity contribution in [3.05, 3.63) is 11.8 Å². The number of rotatable bonds is 6. The van der Waals surface area contributed by atoms with Gasteiger partial charge in [-0.2, -0.15) is 8.78 Å². The van der Waals surface area contributed by atoms with Crippen LogP contribution in [-0.4, -0.2) is 30.9 Å². The summed E-state index contributed by atoms with van der Waals surface area (Å²) in [4.78, 5) is 22.4. The van der Waals surface area contributed by atoms with E-state index in [1.165, 1.54) is 6.92 Å². The standard InChI is InChI=1S/C10H14F2O4/c1-4-15-6-7(9(14)16-5-2)8(13)10(3,11)12/h6H,4-5H2,1-3H3. The first kappa shape index (κ1) is 14.5. The second-order valence-electron chi connectivity index (χ2n) is 2.92. The van der Waals surface area contributed by atoms with Crippen molar-refractivity contribution in [1.82, 2.24) is 0 Å². The van der Waals surface area contributed by atoms with Gasteiger partial charge in [0.2, 0.25) is 5.78 Å². The van der Waals surface area contributed by atoms with Gasteiger partial charge < -0.3 is 9.47 Å². The summed E-state index contributed by atoms with van der Waals surface area (Å²) in [5, 5.41) is 0. The molecule has 4 nitrogen and oxygen atoms in total. The fraction of sp³-hybridized carbons (Fsp3) is 0.600. The van der Waals surface area contributed by atoms with E-state index in [1.807, 2.05) is 0 Å². The summed E-state index contributed by atoms with van der Waals surface area (Å²) in [6, 6.07) is 0. The molecule has 0 aromatic carbocycles. The molecule has 0 aromatic rings. The second kappa shape index (κ2) is 6.19. The van der Waals surface area contributed by atoms with Crippen molar-refractivity contribution < 1.29 is 27.8 Å². The Bertz CT molecular complexity index is 292. The van der Waals surface area contributed by atoms with E-state index in [-0.39, 0.29) is 13.2 Å². The van der Waals surface area contributed by atoms with Crippen LogP contribution in [0.5, 0.6) is 0 Å². The largest absolute Gasteiger partial charge is 0.500 e. The fourth-order valence-corrected chi connectivity index (χ4v) is 0.806. The number of hydrogen-bond donors (Lipinski definition) is 0. The summed E-state index contributed by atoms with van der Waals surface area (Å²) in [7, 11) is 0. The molecular formula is C10H14F2O4. The highest BCUT2D eigenvalue weighted by Gasteiger charge is 2.38. The van der Waals surface area contributed by atoms with Gasteiger partial charge in [-0.15, -0.1) is 0 Å². The van der Waals surface area contributed by atoms with Gasteiger partial charge in [-0.3, -0.25) is 4.79 Å². The number of ether oxygens (including phenoxy) is 2. The van der Waals surface area contributed by atoms with E-state index in [1.54, 1.807) is 6.92 Å². The molecule has 0 aromatic heterocycles. The van der Waals surface area contributed by atoms with Crippen LogP contribution in [0.2, 0.25) is 0 Å². The Balaban J connectivity index is 4.96. The van der Waals surface area contributed by atoms with Crippen LogP contribution in [0.3, 0.4) is 0 Å². The smallest absolute Gasteiger partial charge is 0.345 e. The molecular weight excluding hydrogens is 222 g/mol. The number of ketones is 1. The summed E-state index contributed by atoms with van der Waals surface area (Å²) in [6.45, 7) is 3.66. The topological polar surface area (TPSA) is 52.6 Å². The average Bonchev–Trinajstić information content (AvgIpc) is 2.17. The van der Waals surface area contributed by atoms with Crippen LogP contribution in [0.15, 0.2) is 11.8 Å². The highest BCUT2D eigenvalue weighted by atomic mass is 19.3. The summed E-state index contributed by atoms with van der Waals surface area (Å²) in [5.74, 6) is -6.35. The van der Waals surface area contributed by atoms with Crippen LogP contribution in [0.4, 0.5) is 8.78 Å². The highest BCUT2D eigenvalue weighted by molar-refractivity contribution is 6.19. The molecule has 0 spiro atoms. The highest BCUT2D eigenvalue weighted by Crippen LogP contribution is 2.19. The van der Waals surface area contributed by atoms with Gasteiger partial charge in [0.1, 0.15) is 11.8 Å². The third kappa shape index (κ3) is 4.37. The molecule has 0 radical (unpaired) electrons. The lowest BCUT2D eigenvalue weighted by Gasteiger charge is -2.11. The number of alkyl halides is 2. The zero-order valence-corrected chi connectivity index (χ0v) is 9.38. The summed E-state index contributed by atoms with van der Waals surface area (Å²) >= 11 is 0. The van der Waals surface area contributed by atoms with Crippen LogP contribution in [-0.2, 0) is 19.1 Å². The van der Waals surface area contributed by atoms with E-state index < -0.39 is 23.2 Å². The molecule has 0 bridgehead atoms. The Morgan fingerprint density at radius 1 is 1.25 bits per heavy atom. The number of carbonyl (C=O) groups excluding carboxylic acids is 2. The number of Topliss-reactive ketones (excluding diaryl/α,β-unsaturated/α-hetero) is 1. The monoisotopic (exact) mass is 236 g/mol. The van der Waals surface area contributed by atoms with Crippen molar-refractivity contribution in [2.45, 2.75) is 26.7 Å². The van der Waals surface area contributed by atoms with Gasteiger partial charge >= 0.3 is 11.9 Å². The summed E-state index contributed by atoms with van der Waals surface area (Å²) in [5.41, 5.74) is -0.781. The van der Waals surface area contributed by atoms with E-state index in [0.29, 0.717) is 13.2 Å². The minimum absolute atomic E-state index is 0.00906. The van der Waals surface area contributed by atoms with Crippen molar-refractivity contribution in [1.29, 1.82) is 0 Å². The first-order chi connectivity index (χ1) is 7.34. The molecule has 0 aliphatic carbocycles. The zero-order valence-electron chi connectivity index (χ0n) is 9.38. The third-order valence-electron chi connectivity index (χ3n) is 1.51. The Hall–Kier alpha value is -1.46. The van der Waals surface area contributed by atoms with Crippen LogP contribution in [0.25, 0.3) is 0 Å².